The molecule has 3 heterocycles. The second-order valence-corrected chi connectivity index (χ2v) is 8.27. The van der Waals surface area contributed by atoms with Crippen LogP contribution in [0.1, 0.15) is 40.5 Å². The highest BCUT2D eigenvalue weighted by Crippen LogP contribution is 2.33. The zero-order chi connectivity index (χ0) is 21.9. The largest absolute Gasteiger partial charge is 0.330 e. The van der Waals surface area contributed by atoms with Crippen LogP contribution in [0, 0.1) is 0 Å². The summed E-state index contributed by atoms with van der Waals surface area (Å²) in [6, 6.07) is 18.9. The molecule has 6 nitrogen and oxygen atoms in total. The van der Waals surface area contributed by atoms with Crippen LogP contribution in [0.4, 0.5) is 0 Å². The van der Waals surface area contributed by atoms with E-state index < -0.39 is 0 Å². The molecule has 2 aromatic carbocycles. The first-order valence-corrected chi connectivity index (χ1v) is 11.0. The Kier molecular flexibility index (Phi) is 5.69. The molecule has 5 rings (SSSR count). The summed E-state index contributed by atoms with van der Waals surface area (Å²) in [6.07, 6.45) is 7.23. The van der Waals surface area contributed by atoms with Crippen LogP contribution in [-0.2, 0) is 6.54 Å². The van der Waals surface area contributed by atoms with E-state index in [0.717, 1.165) is 29.7 Å². The zero-order valence-electron chi connectivity index (χ0n) is 17.4. The van der Waals surface area contributed by atoms with Gasteiger partial charge in [-0.3, -0.25) is 9.48 Å². The molecule has 1 atom stereocenters. The molecule has 0 radical (unpaired) electrons. The van der Waals surface area contributed by atoms with Gasteiger partial charge < -0.3 is 4.90 Å². The summed E-state index contributed by atoms with van der Waals surface area (Å²) < 4.78 is 1.83. The molecule has 1 amide bonds. The Hall–Kier alpha value is -3.51. The predicted octanol–water partition coefficient (Wildman–Crippen LogP) is 5.02. The minimum Gasteiger partial charge on any atom is -0.330 e. The molecule has 32 heavy (non-hydrogen) atoms. The van der Waals surface area contributed by atoms with Crippen molar-refractivity contribution in [3.05, 3.63) is 101 Å². The van der Waals surface area contributed by atoms with Crippen molar-refractivity contribution in [2.24, 2.45) is 0 Å². The van der Waals surface area contributed by atoms with Crippen LogP contribution in [0.2, 0.25) is 5.02 Å². The highest BCUT2D eigenvalue weighted by Gasteiger charge is 2.32. The fourth-order valence-electron chi connectivity index (χ4n) is 4.20. The van der Waals surface area contributed by atoms with Gasteiger partial charge in [-0.1, -0.05) is 29.8 Å². The lowest BCUT2D eigenvalue weighted by molar-refractivity contribution is 0.0731. The fourth-order valence-corrected chi connectivity index (χ4v) is 4.33. The third kappa shape index (κ3) is 4.14. The van der Waals surface area contributed by atoms with Gasteiger partial charge in [0.05, 0.1) is 18.3 Å². The van der Waals surface area contributed by atoms with Crippen LogP contribution in [0.3, 0.4) is 0 Å². The number of carbonyl (C=O) groups is 1. The Morgan fingerprint density at radius 1 is 1.03 bits per heavy atom. The van der Waals surface area contributed by atoms with E-state index in [0.29, 0.717) is 29.5 Å². The molecule has 160 valence electrons. The SMILES string of the molecule is O=C(c1ccccc1Cn1cccn1)N1CCCC1c1ccnc(-c2ccc(Cl)cc2)n1. The summed E-state index contributed by atoms with van der Waals surface area (Å²) in [5.41, 5.74) is 3.43. The molecule has 1 fully saturated rings. The van der Waals surface area contributed by atoms with E-state index in [2.05, 4.69) is 10.1 Å². The van der Waals surface area contributed by atoms with Crippen LogP contribution in [0.25, 0.3) is 11.4 Å². The van der Waals surface area contributed by atoms with Crippen molar-refractivity contribution in [1.82, 2.24) is 24.6 Å². The molecular weight excluding hydrogens is 422 g/mol. The molecular formula is C25H22ClN5O. The molecule has 0 N–H and O–H groups in total. The Morgan fingerprint density at radius 3 is 2.69 bits per heavy atom. The molecule has 7 heteroatoms. The quantitative estimate of drug-likeness (QED) is 0.434. The number of likely N-dealkylation sites (tertiary alicyclic amines) is 1. The van der Waals surface area contributed by atoms with E-state index in [1.165, 1.54) is 0 Å². The Morgan fingerprint density at radius 2 is 1.88 bits per heavy atom. The van der Waals surface area contributed by atoms with Crippen molar-refractivity contribution < 1.29 is 4.79 Å². The van der Waals surface area contributed by atoms with Crippen molar-refractivity contribution in [1.29, 1.82) is 0 Å². The molecule has 0 aliphatic carbocycles. The number of halogens is 1. The Labute approximate surface area is 191 Å². The minimum absolute atomic E-state index is 0.0295. The summed E-state index contributed by atoms with van der Waals surface area (Å²) in [4.78, 5) is 24.8. The minimum atomic E-state index is -0.0747. The van der Waals surface area contributed by atoms with E-state index >= 15 is 0 Å². The molecule has 1 saturated heterocycles. The monoisotopic (exact) mass is 443 g/mol. The topological polar surface area (TPSA) is 63.9 Å². The van der Waals surface area contributed by atoms with Gasteiger partial charge in [-0.2, -0.15) is 5.10 Å². The van der Waals surface area contributed by atoms with Crippen LogP contribution in [-0.4, -0.2) is 37.1 Å². The number of benzene rings is 2. The van der Waals surface area contributed by atoms with Gasteiger partial charge in [0.25, 0.3) is 5.91 Å². The first kappa shape index (κ1) is 20.4. The van der Waals surface area contributed by atoms with Crippen molar-refractivity contribution in [2.75, 3.05) is 6.54 Å². The molecule has 1 aliphatic rings. The number of rotatable bonds is 5. The number of carbonyl (C=O) groups excluding carboxylic acids is 1. The highest BCUT2D eigenvalue weighted by molar-refractivity contribution is 6.30. The third-order valence-electron chi connectivity index (χ3n) is 5.77. The fraction of sp³-hybridized carbons (Fsp3) is 0.200. The normalized spacial score (nSPS) is 15.8. The lowest BCUT2D eigenvalue weighted by Crippen LogP contribution is -2.32. The summed E-state index contributed by atoms with van der Waals surface area (Å²) in [7, 11) is 0. The van der Waals surface area contributed by atoms with Crippen LogP contribution >= 0.6 is 11.6 Å². The third-order valence-corrected chi connectivity index (χ3v) is 6.03. The van der Waals surface area contributed by atoms with Gasteiger partial charge in [-0.15, -0.1) is 0 Å². The lowest BCUT2D eigenvalue weighted by atomic mass is 10.0. The maximum absolute atomic E-state index is 13.6. The van der Waals surface area contributed by atoms with E-state index in [-0.39, 0.29) is 11.9 Å². The smallest absolute Gasteiger partial charge is 0.254 e. The summed E-state index contributed by atoms with van der Waals surface area (Å²) in [5.74, 6) is 0.666. The van der Waals surface area contributed by atoms with Crippen molar-refractivity contribution in [3.8, 4) is 11.4 Å². The Bertz CT molecular complexity index is 1220. The van der Waals surface area contributed by atoms with E-state index in [4.69, 9.17) is 16.6 Å². The molecule has 1 unspecified atom stereocenters. The summed E-state index contributed by atoms with van der Waals surface area (Å²) in [5, 5.41) is 4.95. The van der Waals surface area contributed by atoms with Crippen molar-refractivity contribution >= 4 is 17.5 Å². The predicted molar refractivity (Wildman–Crippen MR) is 123 cm³/mol. The first-order chi connectivity index (χ1) is 15.7. The van der Waals surface area contributed by atoms with Gasteiger partial charge in [-0.05, 0) is 60.9 Å². The van der Waals surface area contributed by atoms with Crippen LogP contribution in [0.5, 0.6) is 0 Å². The molecule has 0 saturated carbocycles. The molecule has 1 aliphatic heterocycles. The first-order valence-electron chi connectivity index (χ1n) is 10.6. The maximum Gasteiger partial charge on any atom is 0.254 e. The number of hydrogen-bond donors (Lipinski definition) is 0. The van der Waals surface area contributed by atoms with Gasteiger partial charge in [-0.25, -0.2) is 9.97 Å². The van der Waals surface area contributed by atoms with Crippen molar-refractivity contribution in [3.63, 3.8) is 0 Å². The van der Waals surface area contributed by atoms with Gasteiger partial charge in [0.1, 0.15) is 0 Å². The average molecular weight is 444 g/mol. The van der Waals surface area contributed by atoms with Gasteiger partial charge in [0, 0.05) is 41.3 Å². The summed E-state index contributed by atoms with van der Waals surface area (Å²) >= 11 is 6.01. The summed E-state index contributed by atoms with van der Waals surface area (Å²) in [6.45, 7) is 1.27. The van der Waals surface area contributed by atoms with Gasteiger partial charge in [0.15, 0.2) is 5.82 Å². The number of hydrogen-bond acceptors (Lipinski definition) is 4. The second kappa shape index (κ2) is 8.93. The highest BCUT2D eigenvalue weighted by atomic mass is 35.5. The average Bonchev–Trinajstić information content (AvgIpc) is 3.52. The van der Waals surface area contributed by atoms with Crippen LogP contribution in [0.15, 0.2) is 79.3 Å². The maximum atomic E-state index is 13.6. The molecule has 2 aromatic heterocycles. The second-order valence-electron chi connectivity index (χ2n) is 7.83. The number of amides is 1. The van der Waals surface area contributed by atoms with Crippen molar-refractivity contribution in [2.45, 2.75) is 25.4 Å². The number of nitrogens with zero attached hydrogens (tertiary/aromatic N) is 5. The van der Waals surface area contributed by atoms with E-state index in [1.807, 2.05) is 76.4 Å². The molecule has 0 spiro atoms. The van der Waals surface area contributed by atoms with E-state index in [1.54, 1.807) is 12.4 Å². The Balaban J connectivity index is 1.43. The van der Waals surface area contributed by atoms with Crippen LogP contribution < -0.4 is 0 Å². The molecule has 4 aromatic rings. The van der Waals surface area contributed by atoms with Gasteiger partial charge in [0.2, 0.25) is 0 Å². The van der Waals surface area contributed by atoms with E-state index in [9.17, 15) is 4.79 Å². The standard InChI is InChI=1S/C25H22ClN5O/c26-20-10-8-18(9-11-20)24-27-14-12-22(29-24)23-7-3-16-31(23)25(32)21-6-2-1-5-19(21)17-30-15-4-13-28-30/h1-2,4-6,8-15,23H,3,7,16-17H2. The van der Waals surface area contributed by atoms with Gasteiger partial charge >= 0.3 is 0 Å². The zero-order valence-corrected chi connectivity index (χ0v) is 18.2. The number of aromatic nitrogens is 4. The lowest BCUT2D eigenvalue weighted by Gasteiger charge is -2.25. The molecule has 0 bridgehead atoms.